The van der Waals surface area contributed by atoms with Gasteiger partial charge in [0.25, 0.3) is 0 Å². The van der Waals surface area contributed by atoms with Crippen molar-refractivity contribution in [2.45, 2.75) is 46.6 Å². The second kappa shape index (κ2) is 7.27. The van der Waals surface area contributed by atoms with Crippen LogP contribution in [0, 0.1) is 5.41 Å². The van der Waals surface area contributed by atoms with Crippen molar-refractivity contribution < 1.29 is 9.59 Å². The maximum atomic E-state index is 11.6. The van der Waals surface area contributed by atoms with Crippen molar-refractivity contribution in [1.82, 2.24) is 10.6 Å². The highest BCUT2D eigenvalue weighted by Gasteiger charge is 2.24. The quantitative estimate of drug-likeness (QED) is 0.590. The Balaban J connectivity index is 3.94. The van der Waals surface area contributed by atoms with E-state index < -0.39 is 11.5 Å². The molecule has 1 atom stereocenters. The van der Waals surface area contributed by atoms with Gasteiger partial charge in [-0.3, -0.25) is 9.59 Å². The standard InChI is InChI=1S/C12H25N3O2/c1-9(15-11(17)12(2,3)4)10(16)14-8-6-5-7-13/h9H,5-8,13H2,1-4H3,(H,14,16)(H,15,17). The first-order valence-electron chi connectivity index (χ1n) is 6.07. The number of amides is 2. The molecule has 17 heavy (non-hydrogen) atoms. The number of carbonyl (C=O) groups is 2. The lowest BCUT2D eigenvalue weighted by atomic mass is 9.95. The normalized spacial score (nSPS) is 13.0. The zero-order chi connectivity index (χ0) is 13.5. The van der Waals surface area contributed by atoms with Gasteiger partial charge in [-0.2, -0.15) is 0 Å². The third kappa shape index (κ3) is 6.94. The predicted octanol–water partition coefficient (Wildman–Crippen LogP) is 0.392. The lowest BCUT2D eigenvalue weighted by Gasteiger charge is -2.21. The van der Waals surface area contributed by atoms with Gasteiger partial charge in [0.15, 0.2) is 0 Å². The average Bonchev–Trinajstić information content (AvgIpc) is 2.22. The molecule has 5 heteroatoms. The maximum Gasteiger partial charge on any atom is 0.242 e. The van der Waals surface area contributed by atoms with Gasteiger partial charge < -0.3 is 16.4 Å². The van der Waals surface area contributed by atoms with Gasteiger partial charge in [-0.25, -0.2) is 0 Å². The SMILES string of the molecule is CC(NC(=O)C(C)(C)C)C(=O)NCCCCN. The van der Waals surface area contributed by atoms with E-state index in [4.69, 9.17) is 5.73 Å². The van der Waals surface area contributed by atoms with Crippen LogP contribution in [0.5, 0.6) is 0 Å². The number of hydrogen-bond acceptors (Lipinski definition) is 3. The summed E-state index contributed by atoms with van der Waals surface area (Å²) in [6.45, 7) is 8.36. The third-order valence-electron chi connectivity index (χ3n) is 2.35. The first-order chi connectivity index (χ1) is 7.79. The molecule has 0 fully saturated rings. The van der Waals surface area contributed by atoms with Crippen molar-refractivity contribution in [3.63, 3.8) is 0 Å². The summed E-state index contributed by atoms with van der Waals surface area (Å²) >= 11 is 0. The molecule has 0 aromatic rings. The van der Waals surface area contributed by atoms with E-state index in [0.29, 0.717) is 13.1 Å². The number of hydrogen-bond donors (Lipinski definition) is 3. The minimum Gasteiger partial charge on any atom is -0.354 e. The van der Waals surface area contributed by atoms with Gasteiger partial charge in [0.2, 0.25) is 11.8 Å². The molecule has 0 spiro atoms. The highest BCUT2D eigenvalue weighted by Crippen LogP contribution is 2.12. The Labute approximate surface area is 104 Å². The highest BCUT2D eigenvalue weighted by molar-refractivity contribution is 5.89. The van der Waals surface area contributed by atoms with Crippen LogP contribution in [0.3, 0.4) is 0 Å². The number of nitrogens with two attached hydrogens (primary N) is 1. The first-order valence-corrected chi connectivity index (χ1v) is 6.07. The van der Waals surface area contributed by atoms with E-state index in [9.17, 15) is 9.59 Å². The fourth-order valence-corrected chi connectivity index (χ4v) is 1.11. The Hall–Kier alpha value is -1.10. The van der Waals surface area contributed by atoms with Crippen molar-refractivity contribution in [1.29, 1.82) is 0 Å². The number of carbonyl (C=O) groups excluding carboxylic acids is 2. The Morgan fingerprint density at radius 2 is 1.82 bits per heavy atom. The van der Waals surface area contributed by atoms with Gasteiger partial charge in [-0.1, -0.05) is 20.8 Å². The molecule has 2 amide bonds. The summed E-state index contributed by atoms with van der Waals surface area (Å²) in [6.07, 6.45) is 1.76. The van der Waals surface area contributed by atoms with Crippen LogP contribution in [-0.2, 0) is 9.59 Å². The Bertz CT molecular complexity index is 259. The molecule has 5 nitrogen and oxygen atoms in total. The topological polar surface area (TPSA) is 84.2 Å². The second-order valence-electron chi connectivity index (χ2n) is 5.23. The highest BCUT2D eigenvalue weighted by atomic mass is 16.2. The summed E-state index contributed by atoms with van der Waals surface area (Å²) in [5.74, 6) is -0.276. The van der Waals surface area contributed by atoms with Crippen LogP contribution in [0.1, 0.15) is 40.5 Å². The predicted molar refractivity (Wildman–Crippen MR) is 68.4 cm³/mol. The summed E-state index contributed by atoms with van der Waals surface area (Å²) in [6, 6.07) is -0.500. The van der Waals surface area contributed by atoms with Crippen LogP contribution in [0.15, 0.2) is 0 Å². The summed E-state index contributed by atoms with van der Waals surface area (Å²) in [7, 11) is 0. The summed E-state index contributed by atoms with van der Waals surface area (Å²) in [5, 5.41) is 5.45. The van der Waals surface area contributed by atoms with Crippen LogP contribution < -0.4 is 16.4 Å². The molecule has 0 aliphatic carbocycles. The van der Waals surface area contributed by atoms with Crippen molar-refractivity contribution in [2.75, 3.05) is 13.1 Å². The second-order valence-corrected chi connectivity index (χ2v) is 5.23. The number of unbranched alkanes of at least 4 members (excludes halogenated alkanes) is 1. The first kappa shape index (κ1) is 15.9. The molecule has 0 saturated heterocycles. The van der Waals surface area contributed by atoms with Crippen LogP contribution in [-0.4, -0.2) is 30.9 Å². The molecule has 0 aliphatic rings. The minimum atomic E-state index is -0.500. The summed E-state index contributed by atoms with van der Waals surface area (Å²) in [5.41, 5.74) is 4.87. The average molecular weight is 243 g/mol. The van der Waals surface area contributed by atoms with Gasteiger partial charge in [-0.15, -0.1) is 0 Å². The van der Waals surface area contributed by atoms with Gasteiger partial charge in [0, 0.05) is 12.0 Å². The fourth-order valence-electron chi connectivity index (χ4n) is 1.11. The van der Waals surface area contributed by atoms with E-state index in [1.54, 1.807) is 6.92 Å². The molecule has 4 N–H and O–H groups in total. The molecule has 0 saturated carbocycles. The molecule has 1 unspecified atom stereocenters. The molecule has 0 rings (SSSR count). The van der Waals surface area contributed by atoms with Gasteiger partial charge in [-0.05, 0) is 26.3 Å². The lowest BCUT2D eigenvalue weighted by molar-refractivity contribution is -0.133. The molecular weight excluding hydrogens is 218 g/mol. The van der Waals surface area contributed by atoms with E-state index in [2.05, 4.69) is 10.6 Å². The zero-order valence-electron chi connectivity index (χ0n) is 11.3. The van der Waals surface area contributed by atoms with E-state index in [-0.39, 0.29) is 11.8 Å². The molecule has 0 radical (unpaired) electrons. The van der Waals surface area contributed by atoms with E-state index in [1.807, 2.05) is 20.8 Å². The number of nitrogens with one attached hydrogen (secondary N) is 2. The monoisotopic (exact) mass is 243 g/mol. The Morgan fingerprint density at radius 3 is 2.29 bits per heavy atom. The lowest BCUT2D eigenvalue weighted by Crippen LogP contribution is -2.48. The third-order valence-corrected chi connectivity index (χ3v) is 2.35. The largest absolute Gasteiger partial charge is 0.354 e. The van der Waals surface area contributed by atoms with E-state index in [0.717, 1.165) is 12.8 Å². The molecule has 0 aromatic carbocycles. The fraction of sp³-hybridized carbons (Fsp3) is 0.833. The molecular formula is C12H25N3O2. The van der Waals surface area contributed by atoms with Gasteiger partial charge in [0.1, 0.15) is 6.04 Å². The van der Waals surface area contributed by atoms with Crippen molar-refractivity contribution in [3.8, 4) is 0 Å². The summed E-state index contributed by atoms with van der Waals surface area (Å²) in [4.78, 5) is 23.3. The van der Waals surface area contributed by atoms with Crippen LogP contribution in [0.25, 0.3) is 0 Å². The zero-order valence-corrected chi connectivity index (χ0v) is 11.3. The van der Waals surface area contributed by atoms with E-state index in [1.165, 1.54) is 0 Å². The Kier molecular flexibility index (Phi) is 6.80. The van der Waals surface area contributed by atoms with Crippen LogP contribution >= 0.6 is 0 Å². The Morgan fingerprint density at radius 1 is 1.24 bits per heavy atom. The maximum absolute atomic E-state index is 11.6. The van der Waals surface area contributed by atoms with E-state index >= 15 is 0 Å². The smallest absolute Gasteiger partial charge is 0.242 e. The minimum absolute atomic E-state index is 0.123. The molecule has 0 aliphatic heterocycles. The molecule has 0 bridgehead atoms. The molecule has 0 aromatic heterocycles. The molecule has 100 valence electrons. The van der Waals surface area contributed by atoms with Crippen LogP contribution in [0.2, 0.25) is 0 Å². The van der Waals surface area contributed by atoms with Gasteiger partial charge >= 0.3 is 0 Å². The van der Waals surface area contributed by atoms with Crippen molar-refractivity contribution >= 4 is 11.8 Å². The molecule has 0 heterocycles. The summed E-state index contributed by atoms with van der Waals surface area (Å²) < 4.78 is 0. The van der Waals surface area contributed by atoms with Crippen molar-refractivity contribution in [2.24, 2.45) is 11.1 Å². The van der Waals surface area contributed by atoms with Crippen molar-refractivity contribution in [3.05, 3.63) is 0 Å². The number of rotatable bonds is 6. The van der Waals surface area contributed by atoms with Crippen LogP contribution in [0.4, 0.5) is 0 Å². The van der Waals surface area contributed by atoms with Gasteiger partial charge in [0.05, 0.1) is 0 Å².